The molecule has 0 saturated carbocycles. The van der Waals surface area contributed by atoms with Crippen LogP contribution in [0, 0.1) is 0 Å². The molecule has 7 heteroatoms. The minimum Gasteiger partial charge on any atom is -0.496 e. The van der Waals surface area contributed by atoms with Crippen molar-refractivity contribution in [2.45, 2.75) is 56.5 Å². The molecule has 23 heavy (non-hydrogen) atoms. The second-order valence-electron chi connectivity index (χ2n) is 6.09. The molecule has 1 atom stereocenters. The molecule has 2 rings (SSSR count). The van der Waals surface area contributed by atoms with E-state index in [-0.39, 0.29) is 17.2 Å². The SMILES string of the molecule is CCCC[C@]1(CC)CS(=O)(=O)c2cc(OC)c(Br)cc2CN1O. The van der Waals surface area contributed by atoms with Gasteiger partial charge in [0.2, 0.25) is 0 Å². The van der Waals surface area contributed by atoms with Crippen molar-refractivity contribution in [1.29, 1.82) is 0 Å². The van der Waals surface area contributed by atoms with Crippen molar-refractivity contribution in [2.24, 2.45) is 0 Å². The average Bonchev–Trinajstić information content (AvgIpc) is 2.58. The Balaban J connectivity index is 2.56. The highest BCUT2D eigenvalue weighted by Gasteiger charge is 2.43. The van der Waals surface area contributed by atoms with E-state index in [0.717, 1.165) is 12.8 Å². The molecule has 0 spiro atoms. The molecule has 1 aromatic rings. The van der Waals surface area contributed by atoms with Crippen LogP contribution in [0.5, 0.6) is 5.75 Å². The summed E-state index contributed by atoms with van der Waals surface area (Å²) in [4.78, 5) is 0.253. The summed E-state index contributed by atoms with van der Waals surface area (Å²) in [5, 5.41) is 11.9. The van der Waals surface area contributed by atoms with E-state index in [1.54, 1.807) is 12.1 Å². The molecule has 0 aromatic heterocycles. The Hall–Kier alpha value is -0.630. The molecule has 0 radical (unpaired) electrons. The summed E-state index contributed by atoms with van der Waals surface area (Å²) >= 11 is 3.39. The first-order valence-corrected chi connectivity index (χ1v) is 10.3. The lowest BCUT2D eigenvalue weighted by Gasteiger charge is -2.37. The van der Waals surface area contributed by atoms with Crippen LogP contribution in [0.4, 0.5) is 0 Å². The van der Waals surface area contributed by atoms with Gasteiger partial charge in [-0.1, -0.05) is 26.7 Å². The van der Waals surface area contributed by atoms with Gasteiger partial charge in [-0.25, -0.2) is 8.42 Å². The third-order valence-electron chi connectivity index (χ3n) is 4.65. The maximum Gasteiger partial charge on any atom is 0.180 e. The Bertz CT molecular complexity index is 677. The van der Waals surface area contributed by atoms with E-state index < -0.39 is 15.4 Å². The maximum atomic E-state index is 12.9. The molecule has 0 saturated heterocycles. The van der Waals surface area contributed by atoms with E-state index >= 15 is 0 Å². The van der Waals surface area contributed by atoms with Crippen LogP contribution in [0.3, 0.4) is 0 Å². The normalized spacial score (nSPS) is 24.0. The number of ether oxygens (including phenoxy) is 1. The summed E-state index contributed by atoms with van der Waals surface area (Å²) in [5.74, 6) is 0.402. The maximum absolute atomic E-state index is 12.9. The second-order valence-corrected chi connectivity index (χ2v) is 8.90. The fraction of sp³-hybridized carbons (Fsp3) is 0.625. The first kappa shape index (κ1) is 18.7. The van der Waals surface area contributed by atoms with Crippen molar-refractivity contribution in [3.8, 4) is 5.75 Å². The molecule has 130 valence electrons. The van der Waals surface area contributed by atoms with Crippen LogP contribution < -0.4 is 4.74 Å². The van der Waals surface area contributed by atoms with Crippen LogP contribution in [0.1, 0.15) is 45.1 Å². The number of unbranched alkanes of at least 4 members (excludes halogenated alkanes) is 1. The van der Waals surface area contributed by atoms with Crippen LogP contribution in [-0.4, -0.2) is 37.1 Å². The van der Waals surface area contributed by atoms with Gasteiger partial charge in [0.1, 0.15) is 5.75 Å². The van der Waals surface area contributed by atoms with Gasteiger partial charge in [-0.05, 0) is 40.4 Å². The highest BCUT2D eigenvalue weighted by Crippen LogP contribution is 2.39. The number of hydroxylamine groups is 2. The molecule has 1 aliphatic rings. The number of rotatable bonds is 5. The van der Waals surface area contributed by atoms with Gasteiger partial charge < -0.3 is 9.94 Å². The number of fused-ring (bicyclic) bond motifs is 1. The molecule has 0 bridgehead atoms. The number of halogens is 1. The Labute approximate surface area is 146 Å². The lowest BCUT2D eigenvalue weighted by molar-refractivity contribution is -0.178. The van der Waals surface area contributed by atoms with Crippen molar-refractivity contribution in [1.82, 2.24) is 5.06 Å². The summed E-state index contributed by atoms with van der Waals surface area (Å²) in [7, 11) is -2.01. The van der Waals surface area contributed by atoms with Crippen molar-refractivity contribution < 1.29 is 18.4 Å². The van der Waals surface area contributed by atoms with Crippen LogP contribution in [0.15, 0.2) is 21.5 Å². The summed E-state index contributed by atoms with van der Waals surface area (Å²) in [6, 6.07) is 3.27. The van der Waals surface area contributed by atoms with E-state index in [9.17, 15) is 13.6 Å². The van der Waals surface area contributed by atoms with Gasteiger partial charge in [-0.3, -0.25) is 0 Å². The molecule has 1 aromatic carbocycles. The summed E-state index contributed by atoms with van der Waals surface area (Å²) in [6.45, 7) is 4.18. The average molecular weight is 406 g/mol. The number of benzene rings is 1. The van der Waals surface area contributed by atoms with Crippen LogP contribution >= 0.6 is 15.9 Å². The van der Waals surface area contributed by atoms with E-state index in [2.05, 4.69) is 22.9 Å². The minimum atomic E-state index is -3.51. The number of hydrogen-bond donors (Lipinski definition) is 1. The number of methoxy groups -OCH3 is 1. The largest absolute Gasteiger partial charge is 0.496 e. The van der Waals surface area contributed by atoms with E-state index in [1.165, 1.54) is 12.2 Å². The molecule has 0 aliphatic carbocycles. The van der Waals surface area contributed by atoms with Gasteiger partial charge in [-0.2, -0.15) is 5.06 Å². The summed E-state index contributed by atoms with van der Waals surface area (Å²) in [6.07, 6.45) is 3.07. The molecule has 0 unspecified atom stereocenters. The monoisotopic (exact) mass is 405 g/mol. The van der Waals surface area contributed by atoms with Gasteiger partial charge in [0, 0.05) is 6.07 Å². The third-order valence-corrected chi connectivity index (χ3v) is 7.24. The quantitative estimate of drug-likeness (QED) is 0.806. The van der Waals surface area contributed by atoms with E-state index in [4.69, 9.17) is 4.74 Å². The fourth-order valence-electron chi connectivity index (χ4n) is 3.15. The molecular formula is C16H24BrNO4S. The first-order chi connectivity index (χ1) is 10.8. The van der Waals surface area contributed by atoms with Crippen LogP contribution in [0.25, 0.3) is 0 Å². The van der Waals surface area contributed by atoms with Gasteiger partial charge in [0.05, 0.1) is 34.3 Å². The highest BCUT2D eigenvalue weighted by atomic mass is 79.9. The van der Waals surface area contributed by atoms with Gasteiger partial charge in [0.15, 0.2) is 9.84 Å². The predicted octanol–water partition coefficient (Wildman–Crippen LogP) is 3.78. The molecule has 1 aliphatic heterocycles. The Kier molecular flexibility index (Phi) is 5.76. The minimum absolute atomic E-state index is 0.0786. The van der Waals surface area contributed by atoms with Crippen LogP contribution in [0.2, 0.25) is 0 Å². The number of nitrogens with zero attached hydrogens (tertiary/aromatic N) is 1. The van der Waals surface area contributed by atoms with Gasteiger partial charge >= 0.3 is 0 Å². The third kappa shape index (κ3) is 3.57. The standard InChI is InChI=1S/C16H24BrNO4S/c1-4-6-7-16(5-2)11-23(20,21)15-9-14(22-3)13(17)8-12(15)10-18(16)19/h8-9,19H,4-7,10-11H2,1-3H3/t16-/m1/s1. The van der Waals surface area contributed by atoms with Crippen molar-refractivity contribution in [3.63, 3.8) is 0 Å². The molecule has 0 fully saturated rings. The Morgan fingerprint density at radius 1 is 1.39 bits per heavy atom. The molecule has 1 N–H and O–H groups in total. The van der Waals surface area contributed by atoms with E-state index in [1.807, 2.05) is 6.92 Å². The smallest absolute Gasteiger partial charge is 0.180 e. The van der Waals surface area contributed by atoms with Gasteiger partial charge in [0.25, 0.3) is 0 Å². The molecular weight excluding hydrogens is 382 g/mol. The fourth-order valence-corrected chi connectivity index (χ4v) is 5.87. The van der Waals surface area contributed by atoms with Gasteiger partial charge in [-0.15, -0.1) is 0 Å². The van der Waals surface area contributed by atoms with E-state index in [0.29, 0.717) is 28.6 Å². The summed E-state index contributed by atoms with van der Waals surface area (Å²) < 4.78 is 31.8. The Morgan fingerprint density at radius 2 is 2.09 bits per heavy atom. The number of hydrogen-bond acceptors (Lipinski definition) is 5. The lowest BCUT2D eigenvalue weighted by Crippen LogP contribution is -2.49. The highest BCUT2D eigenvalue weighted by molar-refractivity contribution is 9.10. The zero-order chi connectivity index (χ0) is 17.3. The number of sulfone groups is 1. The zero-order valence-corrected chi connectivity index (χ0v) is 16.2. The Morgan fingerprint density at radius 3 is 2.65 bits per heavy atom. The lowest BCUT2D eigenvalue weighted by atomic mass is 9.91. The second kappa shape index (κ2) is 7.09. The van der Waals surface area contributed by atoms with Crippen molar-refractivity contribution >= 4 is 25.8 Å². The van der Waals surface area contributed by atoms with Crippen molar-refractivity contribution in [3.05, 3.63) is 22.2 Å². The van der Waals surface area contributed by atoms with Crippen LogP contribution in [-0.2, 0) is 16.4 Å². The predicted molar refractivity (Wildman–Crippen MR) is 92.6 cm³/mol. The first-order valence-electron chi connectivity index (χ1n) is 7.85. The molecule has 1 heterocycles. The topological polar surface area (TPSA) is 66.8 Å². The van der Waals surface area contributed by atoms with Crippen molar-refractivity contribution in [2.75, 3.05) is 12.9 Å². The molecule has 5 nitrogen and oxygen atoms in total. The summed E-state index contributed by atoms with van der Waals surface area (Å²) in [5.41, 5.74) is -0.153. The molecule has 0 amide bonds. The zero-order valence-electron chi connectivity index (χ0n) is 13.8.